The van der Waals surface area contributed by atoms with E-state index in [0.29, 0.717) is 25.4 Å². The van der Waals surface area contributed by atoms with Crippen LogP contribution in [0.4, 0.5) is 0 Å². The Hall–Kier alpha value is -2.43. The summed E-state index contributed by atoms with van der Waals surface area (Å²) in [6, 6.07) is 10.2. The summed E-state index contributed by atoms with van der Waals surface area (Å²) in [5.74, 6) is 3.29. The molecule has 0 atom stereocenters. The van der Waals surface area contributed by atoms with E-state index in [1.165, 1.54) is 0 Å². The fraction of sp³-hybridized carbons (Fsp3) is 0.400. The number of aromatic nitrogens is 4. The third kappa shape index (κ3) is 6.28. The Morgan fingerprint density at radius 1 is 1.28 bits per heavy atom. The first kappa shape index (κ1) is 22.9. The van der Waals surface area contributed by atoms with Crippen molar-refractivity contribution in [1.82, 2.24) is 30.3 Å². The predicted molar refractivity (Wildman–Crippen MR) is 124 cm³/mol. The van der Waals surface area contributed by atoms with Crippen molar-refractivity contribution in [3.63, 3.8) is 0 Å². The summed E-state index contributed by atoms with van der Waals surface area (Å²) in [6.45, 7) is 5.36. The maximum atomic E-state index is 5.27. The predicted octanol–water partition coefficient (Wildman–Crippen LogP) is 3.45. The number of nitrogens with zero attached hydrogens (tertiary/aromatic N) is 5. The van der Waals surface area contributed by atoms with Crippen LogP contribution in [0.3, 0.4) is 0 Å². The van der Waals surface area contributed by atoms with Gasteiger partial charge in [-0.3, -0.25) is 4.99 Å². The van der Waals surface area contributed by atoms with Crippen LogP contribution in [0.1, 0.15) is 37.3 Å². The zero-order valence-electron chi connectivity index (χ0n) is 17.2. The van der Waals surface area contributed by atoms with Gasteiger partial charge in [0, 0.05) is 33.0 Å². The van der Waals surface area contributed by atoms with Gasteiger partial charge in [0.15, 0.2) is 11.8 Å². The Morgan fingerprint density at radius 2 is 2.03 bits per heavy atom. The molecule has 0 amide bonds. The molecule has 0 aliphatic heterocycles. The highest BCUT2D eigenvalue weighted by Crippen LogP contribution is 2.16. The van der Waals surface area contributed by atoms with Crippen LogP contribution in [-0.4, -0.2) is 51.6 Å². The maximum Gasteiger partial charge on any atom is 0.228 e. The summed E-state index contributed by atoms with van der Waals surface area (Å²) >= 11 is 0. The first-order chi connectivity index (χ1) is 13.6. The number of aromatic amines is 1. The van der Waals surface area contributed by atoms with Crippen LogP contribution in [-0.2, 0) is 13.0 Å². The highest BCUT2D eigenvalue weighted by Gasteiger charge is 2.12. The van der Waals surface area contributed by atoms with E-state index in [1.807, 2.05) is 50.2 Å². The first-order valence-corrected chi connectivity index (χ1v) is 9.40. The lowest BCUT2D eigenvalue weighted by Gasteiger charge is -2.20. The monoisotopic (exact) mass is 509 g/mol. The van der Waals surface area contributed by atoms with Gasteiger partial charge in [-0.05, 0) is 5.56 Å². The summed E-state index contributed by atoms with van der Waals surface area (Å²) in [4.78, 5) is 18.6. The highest BCUT2D eigenvalue weighted by molar-refractivity contribution is 14.0. The zero-order valence-corrected chi connectivity index (χ0v) is 19.5. The first-order valence-electron chi connectivity index (χ1n) is 9.40. The molecule has 9 heteroatoms. The van der Waals surface area contributed by atoms with Crippen molar-refractivity contribution in [2.45, 2.75) is 32.7 Å². The van der Waals surface area contributed by atoms with Crippen molar-refractivity contribution in [1.29, 1.82) is 0 Å². The zero-order chi connectivity index (χ0) is 19.9. The van der Waals surface area contributed by atoms with Crippen LogP contribution < -0.4 is 5.32 Å². The molecule has 0 saturated carbocycles. The largest absolute Gasteiger partial charge is 0.356 e. The molecule has 3 aromatic rings. The summed E-state index contributed by atoms with van der Waals surface area (Å²) < 4.78 is 5.27. The maximum absolute atomic E-state index is 5.27. The normalized spacial score (nSPS) is 11.4. The molecule has 156 valence electrons. The molecule has 3 rings (SSSR count). The minimum absolute atomic E-state index is 0. The second-order valence-corrected chi connectivity index (χ2v) is 6.89. The fourth-order valence-electron chi connectivity index (χ4n) is 2.78. The molecule has 0 spiro atoms. The number of benzene rings is 1. The van der Waals surface area contributed by atoms with Crippen molar-refractivity contribution in [2.75, 3.05) is 20.6 Å². The molecule has 2 heterocycles. The van der Waals surface area contributed by atoms with Gasteiger partial charge in [0.05, 0.1) is 18.4 Å². The van der Waals surface area contributed by atoms with E-state index < -0.39 is 0 Å². The van der Waals surface area contributed by atoms with Crippen LogP contribution in [0.25, 0.3) is 11.3 Å². The molecule has 2 N–H and O–H groups in total. The molecule has 1 aromatic carbocycles. The lowest BCUT2D eigenvalue weighted by molar-refractivity contribution is 0.370. The molecule has 8 nitrogen and oxygen atoms in total. The second-order valence-electron chi connectivity index (χ2n) is 6.89. The van der Waals surface area contributed by atoms with Crippen LogP contribution in [0, 0.1) is 0 Å². The smallest absolute Gasteiger partial charge is 0.228 e. The molecule has 0 saturated heterocycles. The Labute approximate surface area is 188 Å². The highest BCUT2D eigenvalue weighted by atomic mass is 127. The van der Waals surface area contributed by atoms with Crippen LogP contribution >= 0.6 is 24.0 Å². The van der Waals surface area contributed by atoms with Crippen molar-refractivity contribution in [3.8, 4) is 11.3 Å². The van der Waals surface area contributed by atoms with Gasteiger partial charge in [0.25, 0.3) is 0 Å². The molecular formula is C20H28IN7O. The molecule has 0 radical (unpaired) electrons. The summed E-state index contributed by atoms with van der Waals surface area (Å²) in [6.07, 6.45) is 2.50. The number of aliphatic imine (C=N–C) groups is 1. The summed E-state index contributed by atoms with van der Waals surface area (Å²) in [7, 11) is 3.74. The van der Waals surface area contributed by atoms with E-state index in [2.05, 4.69) is 42.6 Å². The van der Waals surface area contributed by atoms with E-state index in [1.54, 1.807) is 7.05 Å². The van der Waals surface area contributed by atoms with Gasteiger partial charge in [0.2, 0.25) is 5.89 Å². The number of rotatable bonds is 7. The van der Waals surface area contributed by atoms with Crippen molar-refractivity contribution in [3.05, 3.63) is 54.1 Å². The number of hydrogen-bond acceptors (Lipinski definition) is 5. The number of halogens is 1. The second kappa shape index (κ2) is 10.9. The lowest BCUT2D eigenvalue weighted by atomic mass is 10.2. The van der Waals surface area contributed by atoms with Gasteiger partial charge in [-0.25, -0.2) is 4.98 Å². The number of H-pyrrole nitrogens is 1. The third-order valence-electron chi connectivity index (χ3n) is 4.30. The van der Waals surface area contributed by atoms with Crippen LogP contribution in [0.15, 0.2) is 46.0 Å². The molecule has 2 aromatic heterocycles. The number of imidazole rings is 1. The molecule has 0 aliphatic rings. The SMILES string of the molecule is CN=C(NCCc1nc(C(C)C)no1)N(C)Cc1ncc(-c2ccccc2)[nH]1.I. The Kier molecular flexibility index (Phi) is 8.62. The average Bonchev–Trinajstić information content (AvgIpc) is 3.35. The van der Waals surface area contributed by atoms with Crippen molar-refractivity contribution in [2.24, 2.45) is 4.99 Å². The van der Waals surface area contributed by atoms with E-state index in [9.17, 15) is 0 Å². The van der Waals surface area contributed by atoms with Crippen LogP contribution in [0.2, 0.25) is 0 Å². The quantitative estimate of drug-likeness (QED) is 0.288. The van der Waals surface area contributed by atoms with E-state index in [-0.39, 0.29) is 29.9 Å². The Morgan fingerprint density at radius 3 is 2.69 bits per heavy atom. The third-order valence-corrected chi connectivity index (χ3v) is 4.30. The van der Waals surface area contributed by atoms with E-state index >= 15 is 0 Å². The van der Waals surface area contributed by atoms with Gasteiger partial charge in [-0.2, -0.15) is 4.98 Å². The van der Waals surface area contributed by atoms with E-state index in [4.69, 9.17) is 4.52 Å². The van der Waals surface area contributed by atoms with Gasteiger partial charge >= 0.3 is 0 Å². The van der Waals surface area contributed by atoms with Gasteiger partial charge in [-0.1, -0.05) is 49.3 Å². The van der Waals surface area contributed by atoms with Crippen molar-refractivity contribution >= 4 is 29.9 Å². The Bertz CT molecular complexity index is 904. The van der Waals surface area contributed by atoms with E-state index in [0.717, 1.165) is 28.9 Å². The summed E-state index contributed by atoms with van der Waals surface area (Å²) in [5.41, 5.74) is 2.12. The van der Waals surface area contributed by atoms with Gasteiger partial charge < -0.3 is 19.7 Å². The molecule has 0 fully saturated rings. The Balaban J connectivity index is 0.00000300. The number of hydrogen-bond donors (Lipinski definition) is 2. The molecule has 0 aliphatic carbocycles. The van der Waals surface area contributed by atoms with Gasteiger partial charge in [0.1, 0.15) is 5.82 Å². The molecule has 29 heavy (non-hydrogen) atoms. The minimum Gasteiger partial charge on any atom is -0.356 e. The fourth-order valence-corrected chi connectivity index (χ4v) is 2.78. The molecular weight excluding hydrogens is 481 g/mol. The molecule has 0 unspecified atom stereocenters. The number of guanidine groups is 1. The minimum atomic E-state index is 0. The molecule has 0 bridgehead atoms. The standard InChI is InChI=1S/C20H27N7O.HI/c1-14(2)19-25-18(28-26-19)10-11-22-20(21-3)27(4)13-17-23-12-16(24-17)15-8-6-5-7-9-15;/h5-9,12,14H,10-11,13H2,1-4H3,(H,21,22)(H,23,24);1H. The number of nitrogens with one attached hydrogen (secondary N) is 2. The lowest BCUT2D eigenvalue weighted by Crippen LogP contribution is -2.39. The topological polar surface area (TPSA) is 95.2 Å². The van der Waals surface area contributed by atoms with Gasteiger partial charge in [-0.15, -0.1) is 24.0 Å². The van der Waals surface area contributed by atoms with Crippen molar-refractivity contribution < 1.29 is 4.52 Å². The average molecular weight is 509 g/mol. The summed E-state index contributed by atoms with van der Waals surface area (Å²) in [5, 5.41) is 7.31. The van der Waals surface area contributed by atoms with Crippen LogP contribution in [0.5, 0.6) is 0 Å².